The van der Waals surface area contributed by atoms with Gasteiger partial charge in [0.1, 0.15) is 5.00 Å². The summed E-state index contributed by atoms with van der Waals surface area (Å²) >= 11 is 1.44. The number of hydrogen-bond donors (Lipinski definition) is 2. The molecule has 0 atom stereocenters. The molecular formula is C7H11N3S. The van der Waals surface area contributed by atoms with Crippen molar-refractivity contribution in [3.63, 3.8) is 0 Å². The first-order valence-corrected chi connectivity index (χ1v) is 4.09. The lowest BCUT2D eigenvalue weighted by molar-refractivity contribution is 1.20. The second-order valence-corrected chi connectivity index (χ2v) is 3.44. The molecule has 0 unspecified atom stereocenters. The summed E-state index contributed by atoms with van der Waals surface area (Å²) in [4.78, 5) is 4.03. The van der Waals surface area contributed by atoms with E-state index >= 15 is 0 Å². The quantitative estimate of drug-likeness (QED) is 0.677. The fourth-order valence-electron chi connectivity index (χ4n) is 0.595. The highest BCUT2D eigenvalue weighted by molar-refractivity contribution is 7.19. The van der Waals surface area contributed by atoms with Crippen molar-refractivity contribution in [2.75, 3.05) is 17.6 Å². The van der Waals surface area contributed by atoms with Gasteiger partial charge >= 0.3 is 0 Å². The lowest BCUT2D eigenvalue weighted by Gasteiger charge is -1.98. The van der Waals surface area contributed by atoms with E-state index < -0.39 is 0 Å². The van der Waals surface area contributed by atoms with E-state index in [1.165, 1.54) is 11.3 Å². The van der Waals surface area contributed by atoms with Gasteiger partial charge in [-0.3, -0.25) is 0 Å². The summed E-state index contributed by atoms with van der Waals surface area (Å²) < 4.78 is 0. The summed E-state index contributed by atoms with van der Waals surface area (Å²) in [5.74, 6) is 0. The summed E-state index contributed by atoms with van der Waals surface area (Å²) in [5, 5.41) is 4.68. The molecule has 0 saturated heterocycles. The Morgan fingerprint density at radius 1 is 1.91 bits per heavy atom. The van der Waals surface area contributed by atoms with Crippen LogP contribution in [0.1, 0.15) is 6.92 Å². The minimum atomic E-state index is 0.731. The molecule has 0 saturated carbocycles. The minimum absolute atomic E-state index is 0.731. The van der Waals surface area contributed by atoms with Crippen molar-refractivity contribution in [2.24, 2.45) is 0 Å². The van der Waals surface area contributed by atoms with E-state index in [1.54, 1.807) is 6.20 Å². The van der Waals surface area contributed by atoms with E-state index in [4.69, 9.17) is 5.73 Å². The average molecular weight is 169 g/mol. The van der Waals surface area contributed by atoms with Gasteiger partial charge in [-0.05, 0) is 6.92 Å². The minimum Gasteiger partial charge on any atom is -0.389 e. The average Bonchev–Trinajstić information content (AvgIpc) is 2.31. The van der Waals surface area contributed by atoms with Gasteiger partial charge in [-0.2, -0.15) is 0 Å². The molecule has 0 aliphatic rings. The number of nitrogens with zero attached hydrogens (tertiary/aromatic N) is 1. The number of aromatic nitrogens is 1. The van der Waals surface area contributed by atoms with E-state index in [0.717, 1.165) is 22.3 Å². The number of hydrogen-bond acceptors (Lipinski definition) is 4. The first kappa shape index (κ1) is 8.07. The highest BCUT2D eigenvalue weighted by atomic mass is 32.1. The zero-order valence-electron chi connectivity index (χ0n) is 6.42. The number of rotatable bonds is 3. The Labute approximate surface area is 70.0 Å². The maximum Gasteiger partial charge on any atom is 0.184 e. The van der Waals surface area contributed by atoms with Gasteiger partial charge in [0.05, 0.1) is 6.20 Å². The number of anilines is 2. The molecule has 0 aliphatic heterocycles. The number of nitrogens with one attached hydrogen (secondary N) is 1. The van der Waals surface area contributed by atoms with E-state index in [2.05, 4.69) is 16.9 Å². The molecule has 0 spiro atoms. The Morgan fingerprint density at radius 2 is 2.64 bits per heavy atom. The summed E-state index contributed by atoms with van der Waals surface area (Å²) in [6, 6.07) is 0. The maximum absolute atomic E-state index is 5.48. The van der Waals surface area contributed by atoms with Crippen LogP contribution in [0, 0.1) is 0 Å². The van der Waals surface area contributed by atoms with Crippen molar-refractivity contribution < 1.29 is 0 Å². The van der Waals surface area contributed by atoms with Crippen molar-refractivity contribution >= 4 is 21.5 Å². The van der Waals surface area contributed by atoms with Gasteiger partial charge in [-0.15, -0.1) is 0 Å². The number of nitrogen functional groups attached to an aromatic ring is 1. The van der Waals surface area contributed by atoms with E-state index in [1.807, 2.05) is 6.92 Å². The van der Waals surface area contributed by atoms with E-state index in [0.29, 0.717) is 0 Å². The Bertz CT molecular complexity index is 254. The predicted molar refractivity (Wildman–Crippen MR) is 49.8 cm³/mol. The highest BCUT2D eigenvalue weighted by Gasteiger charge is 1.95. The molecule has 1 aromatic heterocycles. The normalized spacial score (nSPS) is 9.55. The van der Waals surface area contributed by atoms with Crippen molar-refractivity contribution in [2.45, 2.75) is 6.92 Å². The smallest absolute Gasteiger partial charge is 0.184 e. The van der Waals surface area contributed by atoms with Gasteiger partial charge in [0.15, 0.2) is 5.13 Å². The standard InChI is InChI=1S/C7H11N3S/c1-5(2)3-9-7-10-4-6(8)11-7/h4H,1,3,8H2,2H3,(H,9,10). The molecule has 4 heteroatoms. The van der Waals surface area contributed by atoms with Gasteiger partial charge in [0.25, 0.3) is 0 Å². The third-order valence-electron chi connectivity index (χ3n) is 1.06. The van der Waals surface area contributed by atoms with Crippen molar-refractivity contribution in [1.82, 2.24) is 4.98 Å². The highest BCUT2D eigenvalue weighted by Crippen LogP contribution is 2.19. The molecule has 0 radical (unpaired) electrons. The predicted octanol–water partition coefficient (Wildman–Crippen LogP) is 1.71. The molecule has 0 bridgehead atoms. The van der Waals surface area contributed by atoms with Crippen LogP contribution in [-0.2, 0) is 0 Å². The van der Waals surface area contributed by atoms with E-state index in [-0.39, 0.29) is 0 Å². The van der Waals surface area contributed by atoms with Gasteiger partial charge in [0, 0.05) is 6.54 Å². The molecule has 0 fully saturated rings. The van der Waals surface area contributed by atoms with Crippen LogP contribution in [0.25, 0.3) is 0 Å². The summed E-state index contributed by atoms with van der Waals surface area (Å²) in [5.41, 5.74) is 6.56. The molecule has 60 valence electrons. The lowest BCUT2D eigenvalue weighted by atomic mass is 10.4. The van der Waals surface area contributed by atoms with Crippen LogP contribution in [0.3, 0.4) is 0 Å². The van der Waals surface area contributed by atoms with Crippen LogP contribution in [0.2, 0.25) is 0 Å². The van der Waals surface area contributed by atoms with Crippen LogP contribution < -0.4 is 11.1 Å². The summed E-state index contributed by atoms with van der Waals surface area (Å²) in [6.07, 6.45) is 1.64. The Balaban J connectivity index is 2.45. The molecule has 0 aliphatic carbocycles. The first-order chi connectivity index (χ1) is 5.18. The molecule has 0 aromatic carbocycles. The van der Waals surface area contributed by atoms with Gasteiger partial charge in [0.2, 0.25) is 0 Å². The Morgan fingerprint density at radius 3 is 3.09 bits per heavy atom. The molecule has 1 heterocycles. The molecule has 3 N–H and O–H groups in total. The summed E-state index contributed by atoms with van der Waals surface area (Å²) in [7, 11) is 0. The second-order valence-electron chi connectivity index (χ2n) is 2.38. The largest absolute Gasteiger partial charge is 0.389 e. The molecule has 1 rings (SSSR count). The monoisotopic (exact) mass is 169 g/mol. The third kappa shape index (κ3) is 2.59. The van der Waals surface area contributed by atoms with Gasteiger partial charge < -0.3 is 11.1 Å². The lowest BCUT2D eigenvalue weighted by Crippen LogP contribution is -2.00. The number of thiazole rings is 1. The van der Waals surface area contributed by atoms with Gasteiger partial charge in [-0.25, -0.2) is 4.98 Å². The SMILES string of the molecule is C=C(C)CNc1ncc(N)s1. The van der Waals surface area contributed by atoms with Crippen molar-refractivity contribution in [1.29, 1.82) is 0 Å². The van der Waals surface area contributed by atoms with Crippen LogP contribution in [0.4, 0.5) is 10.1 Å². The van der Waals surface area contributed by atoms with E-state index in [9.17, 15) is 0 Å². The van der Waals surface area contributed by atoms with Crippen molar-refractivity contribution in [3.8, 4) is 0 Å². The van der Waals surface area contributed by atoms with Crippen LogP contribution in [0.15, 0.2) is 18.3 Å². The zero-order chi connectivity index (χ0) is 8.27. The molecule has 1 aromatic rings. The fraction of sp³-hybridized carbons (Fsp3) is 0.286. The molecule has 0 amide bonds. The fourth-order valence-corrected chi connectivity index (χ4v) is 1.17. The second kappa shape index (κ2) is 3.39. The number of nitrogens with two attached hydrogens (primary N) is 1. The first-order valence-electron chi connectivity index (χ1n) is 3.28. The van der Waals surface area contributed by atoms with Crippen molar-refractivity contribution in [3.05, 3.63) is 18.3 Å². The Kier molecular flexibility index (Phi) is 2.48. The maximum atomic E-state index is 5.48. The topological polar surface area (TPSA) is 50.9 Å². The van der Waals surface area contributed by atoms with Crippen LogP contribution in [-0.4, -0.2) is 11.5 Å². The Hall–Kier alpha value is -1.03. The van der Waals surface area contributed by atoms with Gasteiger partial charge in [-0.1, -0.05) is 23.5 Å². The third-order valence-corrected chi connectivity index (χ3v) is 1.85. The van der Waals surface area contributed by atoms with Crippen LogP contribution >= 0.6 is 11.3 Å². The zero-order valence-corrected chi connectivity index (χ0v) is 7.24. The summed E-state index contributed by atoms with van der Waals surface area (Å²) in [6.45, 7) is 6.48. The van der Waals surface area contributed by atoms with Crippen LogP contribution in [0.5, 0.6) is 0 Å². The molecular weight excluding hydrogens is 158 g/mol. The molecule has 3 nitrogen and oxygen atoms in total. The molecule has 11 heavy (non-hydrogen) atoms.